The molecule has 1 N–H and O–H groups in total. The summed E-state index contributed by atoms with van der Waals surface area (Å²) in [5, 5.41) is 4.21. The molecule has 1 heterocycles. The summed E-state index contributed by atoms with van der Waals surface area (Å²) >= 11 is 9.40. The van der Waals surface area contributed by atoms with Crippen LogP contribution in [0.2, 0.25) is 5.02 Å². The number of aromatic nitrogens is 1. The highest BCUT2D eigenvalue weighted by molar-refractivity contribution is 9.10. The van der Waals surface area contributed by atoms with Crippen molar-refractivity contribution in [3.05, 3.63) is 63.3 Å². The number of rotatable bonds is 4. The molecule has 0 saturated heterocycles. The Kier molecular flexibility index (Phi) is 4.75. The third-order valence-electron chi connectivity index (χ3n) is 2.80. The maximum absolute atomic E-state index is 5.97. The number of pyridine rings is 1. The molecule has 0 radical (unpaired) electrons. The fourth-order valence-corrected chi connectivity index (χ4v) is 2.23. The molecule has 0 fully saturated rings. The molecule has 1 atom stereocenters. The van der Waals surface area contributed by atoms with Crippen molar-refractivity contribution in [3.8, 4) is 0 Å². The van der Waals surface area contributed by atoms with Crippen LogP contribution in [0.1, 0.15) is 24.1 Å². The topological polar surface area (TPSA) is 24.9 Å². The number of halogens is 2. The maximum Gasteiger partial charge on any atom is 0.0548 e. The molecule has 4 heteroatoms. The summed E-state index contributed by atoms with van der Waals surface area (Å²) in [5.74, 6) is 0. The summed E-state index contributed by atoms with van der Waals surface area (Å²) in [4.78, 5) is 4.02. The van der Waals surface area contributed by atoms with Gasteiger partial charge in [0, 0.05) is 29.5 Å². The second kappa shape index (κ2) is 6.32. The van der Waals surface area contributed by atoms with Crippen LogP contribution in [0.25, 0.3) is 0 Å². The van der Waals surface area contributed by atoms with E-state index < -0.39 is 0 Å². The number of nitrogens with one attached hydrogen (secondary N) is 1. The van der Waals surface area contributed by atoms with Crippen molar-refractivity contribution in [2.75, 3.05) is 0 Å². The number of hydrogen-bond donors (Lipinski definition) is 1. The van der Waals surface area contributed by atoms with Crippen LogP contribution in [0, 0.1) is 0 Å². The molecular weight excluding hydrogens is 312 g/mol. The molecule has 0 aliphatic rings. The van der Waals surface area contributed by atoms with Crippen LogP contribution in [0.3, 0.4) is 0 Å². The summed E-state index contributed by atoms with van der Waals surface area (Å²) in [6.45, 7) is 2.94. The van der Waals surface area contributed by atoms with Crippen molar-refractivity contribution < 1.29 is 0 Å². The summed E-state index contributed by atoms with van der Waals surface area (Å²) in [7, 11) is 0. The minimum atomic E-state index is 0.294. The lowest BCUT2D eigenvalue weighted by Gasteiger charge is -2.14. The molecule has 0 spiro atoms. The molecule has 2 rings (SSSR count). The molecule has 0 bridgehead atoms. The minimum Gasteiger partial charge on any atom is -0.306 e. The van der Waals surface area contributed by atoms with Crippen LogP contribution in [0.5, 0.6) is 0 Å². The van der Waals surface area contributed by atoms with E-state index >= 15 is 0 Å². The van der Waals surface area contributed by atoms with Crippen molar-refractivity contribution in [1.82, 2.24) is 10.3 Å². The van der Waals surface area contributed by atoms with Crippen LogP contribution in [-0.2, 0) is 6.54 Å². The molecule has 0 aliphatic carbocycles. The second-order valence-electron chi connectivity index (χ2n) is 4.13. The van der Waals surface area contributed by atoms with Gasteiger partial charge in [-0.05, 0) is 58.2 Å². The first kappa shape index (κ1) is 13.5. The Morgan fingerprint density at radius 2 is 2.00 bits per heavy atom. The zero-order valence-electron chi connectivity index (χ0n) is 10.0. The van der Waals surface area contributed by atoms with E-state index in [1.807, 2.05) is 42.7 Å². The Labute approximate surface area is 121 Å². The highest BCUT2D eigenvalue weighted by Crippen LogP contribution is 2.23. The molecule has 1 aromatic carbocycles. The molecule has 2 nitrogen and oxygen atoms in total. The van der Waals surface area contributed by atoms with E-state index in [2.05, 4.69) is 33.2 Å². The number of nitrogens with zero attached hydrogens (tertiary/aromatic N) is 1. The number of benzene rings is 1. The average molecular weight is 326 g/mol. The van der Waals surface area contributed by atoms with Crippen LogP contribution in [0.4, 0.5) is 0 Å². The van der Waals surface area contributed by atoms with Crippen molar-refractivity contribution in [3.63, 3.8) is 0 Å². The maximum atomic E-state index is 5.97. The van der Waals surface area contributed by atoms with E-state index in [-0.39, 0.29) is 0 Å². The van der Waals surface area contributed by atoms with Gasteiger partial charge in [-0.25, -0.2) is 0 Å². The van der Waals surface area contributed by atoms with Crippen LogP contribution in [-0.4, -0.2) is 4.98 Å². The van der Waals surface area contributed by atoms with Crippen LogP contribution in [0.15, 0.2) is 47.2 Å². The standard InChI is InChI=1S/C14H14BrClN2/c1-10(12-4-6-17-7-5-12)18-9-11-2-3-14(16)13(15)8-11/h2-8,10,18H,9H2,1H3/t10-/m1/s1. The lowest BCUT2D eigenvalue weighted by molar-refractivity contribution is 0.574. The quantitative estimate of drug-likeness (QED) is 0.904. The normalized spacial score (nSPS) is 12.4. The molecule has 0 saturated carbocycles. The van der Waals surface area contributed by atoms with Gasteiger partial charge in [-0.3, -0.25) is 4.98 Å². The van der Waals surface area contributed by atoms with Crippen molar-refractivity contribution in [2.45, 2.75) is 19.5 Å². The van der Waals surface area contributed by atoms with Crippen LogP contribution >= 0.6 is 27.5 Å². The predicted octanol–water partition coefficient (Wildman–Crippen LogP) is 4.35. The van der Waals surface area contributed by atoms with E-state index in [9.17, 15) is 0 Å². The first-order valence-electron chi connectivity index (χ1n) is 5.74. The van der Waals surface area contributed by atoms with Crippen LogP contribution < -0.4 is 5.32 Å². The Morgan fingerprint density at radius 3 is 2.67 bits per heavy atom. The Morgan fingerprint density at radius 1 is 1.28 bits per heavy atom. The zero-order chi connectivity index (χ0) is 13.0. The van der Waals surface area contributed by atoms with E-state index in [1.165, 1.54) is 11.1 Å². The first-order chi connectivity index (χ1) is 8.66. The molecule has 94 valence electrons. The summed E-state index contributed by atoms with van der Waals surface area (Å²) in [6, 6.07) is 10.3. The van der Waals surface area contributed by atoms with E-state index in [0.717, 1.165) is 16.0 Å². The van der Waals surface area contributed by atoms with Crippen molar-refractivity contribution >= 4 is 27.5 Å². The fourth-order valence-electron chi connectivity index (χ4n) is 1.69. The van der Waals surface area contributed by atoms with E-state index in [1.54, 1.807) is 0 Å². The predicted molar refractivity (Wildman–Crippen MR) is 78.6 cm³/mol. The molecule has 0 aliphatic heterocycles. The van der Waals surface area contributed by atoms with E-state index in [4.69, 9.17) is 11.6 Å². The van der Waals surface area contributed by atoms with Gasteiger partial charge in [-0.15, -0.1) is 0 Å². The SMILES string of the molecule is C[C@@H](NCc1ccc(Cl)c(Br)c1)c1ccncc1. The molecule has 1 aromatic heterocycles. The van der Waals surface area contributed by atoms with Gasteiger partial charge in [0.2, 0.25) is 0 Å². The number of hydrogen-bond acceptors (Lipinski definition) is 2. The summed E-state index contributed by atoms with van der Waals surface area (Å²) in [6.07, 6.45) is 3.62. The van der Waals surface area contributed by atoms with Crippen molar-refractivity contribution in [2.24, 2.45) is 0 Å². The van der Waals surface area contributed by atoms with Gasteiger partial charge in [0.15, 0.2) is 0 Å². The molecule has 18 heavy (non-hydrogen) atoms. The second-order valence-corrected chi connectivity index (χ2v) is 5.39. The third-order valence-corrected chi connectivity index (χ3v) is 4.02. The zero-order valence-corrected chi connectivity index (χ0v) is 12.4. The minimum absolute atomic E-state index is 0.294. The Balaban J connectivity index is 1.97. The summed E-state index contributed by atoms with van der Waals surface area (Å²) in [5.41, 5.74) is 2.44. The van der Waals surface area contributed by atoms with Gasteiger partial charge >= 0.3 is 0 Å². The highest BCUT2D eigenvalue weighted by Gasteiger charge is 2.05. The Bertz CT molecular complexity index is 516. The smallest absolute Gasteiger partial charge is 0.0548 e. The van der Waals surface area contributed by atoms with E-state index in [0.29, 0.717) is 6.04 Å². The van der Waals surface area contributed by atoms with Crippen molar-refractivity contribution in [1.29, 1.82) is 0 Å². The molecule has 0 amide bonds. The summed E-state index contributed by atoms with van der Waals surface area (Å²) < 4.78 is 0.931. The average Bonchev–Trinajstić information content (AvgIpc) is 2.41. The largest absolute Gasteiger partial charge is 0.306 e. The Hall–Kier alpha value is -0.900. The molecule has 2 aromatic rings. The van der Waals surface area contributed by atoms with Gasteiger partial charge in [-0.2, -0.15) is 0 Å². The highest BCUT2D eigenvalue weighted by atomic mass is 79.9. The van der Waals surface area contributed by atoms with Gasteiger partial charge in [0.1, 0.15) is 0 Å². The van der Waals surface area contributed by atoms with Gasteiger partial charge in [-0.1, -0.05) is 17.7 Å². The fraction of sp³-hybridized carbons (Fsp3) is 0.214. The molecule has 0 unspecified atom stereocenters. The van der Waals surface area contributed by atoms with Gasteiger partial charge in [0.25, 0.3) is 0 Å². The van der Waals surface area contributed by atoms with Gasteiger partial charge in [0.05, 0.1) is 5.02 Å². The monoisotopic (exact) mass is 324 g/mol. The molecular formula is C14H14BrClN2. The first-order valence-corrected chi connectivity index (χ1v) is 6.91. The lowest BCUT2D eigenvalue weighted by atomic mass is 10.1. The third kappa shape index (κ3) is 3.55. The van der Waals surface area contributed by atoms with Gasteiger partial charge < -0.3 is 5.32 Å². The lowest BCUT2D eigenvalue weighted by Crippen LogP contribution is -2.18.